The lowest BCUT2D eigenvalue weighted by molar-refractivity contribution is -0.872. The molecule has 0 unspecified atom stereocenters. The topological polar surface area (TPSA) is 151 Å². The van der Waals surface area contributed by atoms with Crippen LogP contribution in [0.5, 0.6) is 0 Å². The summed E-state index contributed by atoms with van der Waals surface area (Å²) in [5.74, 6) is -2.78. The Morgan fingerprint density at radius 1 is 0.724 bits per heavy atom. The van der Waals surface area contributed by atoms with E-state index in [9.17, 15) is 30.3 Å². The normalized spacial score (nSPS) is 31.9. The van der Waals surface area contributed by atoms with E-state index in [1.54, 1.807) is 0 Å². The number of hydrogen-bond acceptors (Lipinski definition) is 9. The highest BCUT2D eigenvalue weighted by Crippen LogP contribution is 2.71. The standard InChI is InChI=1S/C17H24N4O8/c22-18(23)14(7-2-8-14)16(11-4-12-16)29-21-17(19(24)25,20(26)27)13(5-1-6-13)15(28-21)9-3-10-15/h1-12H2. The molecule has 12 nitrogen and oxygen atoms in total. The van der Waals surface area contributed by atoms with Crippen LogP contribution in [0.25, 0.3) is 0 Å². The van der Waals surface area contributed by atoms with E-state index in [1.807, 2.05) is 0 Å². The molecule has 0 bridgehead atoms. The Morgan fingerprint density at radius 3 is 1.52 bits per heavy atom. The van der Waals surface area contributed by atoms with Gasteiger partial charge in [-0.3, -0.25) is 35.2 Å². The summed E-state index contributed by atoms with van der Waals surface area (Å²) in [6.07, 6.45) is 5.61. The monoisotopic (exact) mass is 412 g/mol. The molecule has 0 radical (unpaired) electrons. The summed E-state index contributed by atoms with van der Waals surface area (Å²) in [6, 6.07) is 0. The Kier molecular flexibility index (Phi) is 3.69. The van der Waals surface area contributed by atoms with E-state index in [0.29, 0.717) is 75.9 Å². The first kappa shape index (κ1) is 19.1. The van der Waals surface area contributed by atoms with Crippen LogP contribution in [0.2, 0.25) is 0 Å². The maximum Gasteiger partial charge on any atom is 0.574 e. The third-order valence-electron chi connectivity index (χ3n) is 8.70. The average Bonchev–Trinajstić information content (AvgIpc) is 2.78. The van der Waals surface area contributed by atoms with Gasteiger partial charge in [-0.15, -0.1) is 0 Å². The van der Waals surface area contributed by atoms with Crippen LogP contribution in [-0.4, -0.2) is 42.5 Å². The second-order valence-electron chi connectivity index (χ2n) is 9.36. The van der Waals surface area contributed by atoms with Crippen molar-refractivity contribution in [3.8, 4) is 0 Å². The van der Waals surface area contributed by atoms with Gasteiger partial charge in [-0.25, -0.2) is 4.84 Å². The smallest absolute Gasteiger partial charge is 0.264 e. The number of nitro groups is 3. The fraction of sp³-hybridized carbons (Fsp3) is 1.00. The SMILES string of the molecule is O=[N+]([O-])C1(C2(ON3OC4(CCC4)C4(CCC4)C3([N+](=O)[O-])[N+](=O)[O-])CCC2)CCC1. The van der Waals surface area contributed by atoms with Gasteiger partial charge in [-0.1, -0.05) is 6.42 Å². The maximum absolute atomic E-state index is 12.3. The van der Waals surface area contributed by atoms with E-state index in [2.05, 4.69) is 0 Å². The highest BCUT2D eigenvalue weighted by Gasteiger charge is 2.93. The van der Waals surface area contributed by atoms with Crippen LogP contribution in [0, 0.1) is 35.8 Å². The summed E-state index contributed by atoms with van der Waals surface area (Å²) in [7, 11) is 0. The lowest BCUT2D eigenvalue weighted by Gasteiger charge is -2.53. The van der Waals surface area contributed by atoms with E-state index in [-0.39, 0.29) is 4.92 Å². The zero-order valence-electron chi connectivity index (χ0n) is 16.0. The highest BCUT2D eigenvalue weighted by molar-refractivity contribution is 5.17. The minimum atomic E-state index is -2.78. The number of rotatable bonds is 6. The molecule has 1 heterocycles. The molecule has 0 aromatic rings. The third kappa shape index (κ3) is 1.82. The molecule has 2 spiro atoms. The van der Waals surface area contributed by atoms with Crippen molar-refractivity contribution in [1.82, 2.24) is 5.23 Å². The van der Waals surface area contributed by atoms with Crippen molar-refractivity contribution in [2.75, 3.05) is 0 Å². The van der Waals surface area contributed by atoms with Gasteiger partial charge >= 0.3 is 5.79 Å². The molecule has 4 aliphatic carbocycles. The molecular weight excluding hydrogens is 388 g/mol. The predicted octanol–water partition coefficient (Wildman–Crippen LogP) is 2.59. The van der Waals surface area contributed by atoms with Crippen LogP contribution in [0.15, 0.2) is 0 Å². The summed E-state index contributed by atoms with van der Waals surface area (Å²) in [5.41, 5.74) is -4.95. The molecule has 0 N–H and O–H groups in total. The van der Waals surface area contributed by atoms with Gasteiger partial charge in [0.05, 0.1) is 5.23 Å². The highest BCUT2D eigenvalue weighted by atomic mass is 17.0. The van der Waals surface area contributed by atoms with Crippen LogP contribution in [0.3, 0.4) is 0 Å². The Hall–Kier alpha value is -1.92. The molecule has 29 heavy (non-hydrogen) atoms. The minimum absolute atomic E-state index is 0.300. The Labute approximate surface area is 165 Å². The molecule has 12 heteroatoms. The van der Waals surface area contributed by atoms with Crippen molar-refractivity contribution in [1.29, 1.82) is 0 Å². The summed E-state index contributed by atoms with van der Waals surface area (Å²) in [4.78, 5) is 46.3. The first-order chi connectivity index (χ1) is 13.7. The maximum atomic E-state index is 12.3. The van der Waals surface area contributed by atoms with E-state index in [1.165, 1.54) is 0 Å². The molecule has 0 aromatic heterocycles. The predicted molar refractivity (Wildman–Crippen MR) is 93.8 cm³/mol. The fourth-order valence-electron chi connectivity index (χ4n) is 6.43. The van der Waals surface area contributed by atoms with Crippen LogP contribution < -0.4 is 0 Å². The van der Waals surface area contributed by atoms with Crippen molar-refractivity contribution >= 4 is 0 Å². The quantitative estimate of drug-likeness (QED) is 0.364. The summed E-state index contributed by atoms with van der Waals surface area (Å²) in [6.45, 7) is 0. The first-order valence-corrected chi connectivity index (χ1v) is 10.3. The number of hydrogen-bond donors (Lipinski definition) is 0. The van der Waals surface area contributed by atoms with Gasteiger partial charge in [0.2, 0.25) is 0 Å². The first-order valence-electron chi connectivity index (χ1n) is 10.3. The number of nitrogens with zero attached hydrogens (tertiary/aromatic N) is 4. The largest absolute Gasteiger partial charge is 0.574 e. The van der Waals surface area contributed by atoms with E-state index >= 15 is 0 Å². The van der Waals surface area contributed by atoms with E-state index in [4.69, 9.17) is 9.68 Å². The molecule has 160 valence electrons. The molecule has 0 aromatic carbocycles. The van der Waals surface area contributed by atoms with Crippen LogP contribution >= 0.6 is 0 Å². The summed E-state index contributed by atoms with van der Waals surface area (Å²) >= 11 is 0. The van der Waals surface area contributed by atoms with Gasteiger partial charge in [-0.05, 0) is 57.8 Å². The second kappa shape index (κ2) is 5.61. The molecule has 1 aliphatic heterocycles. The fourth-order valence-corrected chi connectivity index (χ4v) is 6.43. The summed E-state index contributed by atoms with van der Waals surface area (Å²) < 4.78 is 0. The van der Waals surface area contributed by atoms with Crippen LogP contribution in [0.1, 0.15) is 77.0 Å². The van der Waals surface area contributed by atoms with Gasteiger partial charge in [0.25, 0.3) is 5.54 Å². The second-order valence-corrected chi connectivity index (χ2v) is 9.36. The van der Waals surface area contributed by atoms with Crippen molar-refractivity contribution in [2.24, 2.45) is 5.41 Å². The molecular formula is C17H24N4O8. The zero-order chi connectivity index (χ0) is 20.7. The molecule has 0 atom stereocenters. The van der Waals surface area contributed by atoms with Gasteiger partial charge in [0, 0.05) is 17.8 Å². The van der Waals surface area contributed by atoms with E-state index < -0.39 is 37.8 Å². The average molecular weight is 412 g/mol. The van der Waals surface area contributed by atoms with Gasteiger partial charge in [0.15, 0.2) is 11.0 Å². The zero-order valence-corrected chi connectivity index (χ0v) is 16.0. The lowest BCUT2D eigenvalue weighted by atomic mass is 9.50. The Morgan fingerprint density at radius 2 is 1.24 bits per heavy atom. The molecule has 5 fully saturated rings. The molecule has 4 saturated carbocycles. The molecule has 1 saturated heterocycles. The molecule has 0 amide bonds. The van der Waals surface area contributed by atoms with Crippen LogP contribution in [0.4, 0.5) is 0 Å². The molecule has 5 aliphatic rings. The molecule has 5 rings (SSSR count). The Bertz CT molecular complexity index is 770. The minimum Gasteiger partial charge on any atom is -0.264 e. The third-order valence-corrected chi connectivity index (χ3v) is 8.70. The van der Waals surface area contributed by atoms with E-state index in [0.717, 1.165) is 6.42 Å². The van der Waals surface area contributed by atoms with Crippen molar-refractivity contribution in [2.45, 2.75) is 99.6 Å². The van der Waals surface area contributed by atoms with Crippen LogP contribution in [-0.2, 0) is 9.68 Å². The number of hydroxylamine groups is 2. The number of fused-ring (bicyclic) bond motifs is 1. The lowest BCUT2D eigenvalue weighted by Crippen LogP contribution is -2.74. The van der Waals surface area contributed by atoms with Crippen molar-refractivity contribution in [3.63, 3.8) is 0 Å². The van der Waals surface area contributed by atoms with Gasteiger partial charge < -0.3 is 0 Å². The van der Waals surface area contributed by atoms with Gasteiger partial charge in [-0.2, -0.15) is 0 Å². The van der Waals surface area contributed by atoms with Crippen molar-refractivity contribution in [3.05, 3.63) is 30.3 Å². The Balaban J connectivity index is 1.59. The van der Waals surface area contributed by atoms with Crippen molar-refractivity contribution < 1.29 is 24.4 Å². The van der Waals surface area contributed by atoms with Gasteiger partial charge in [0.1, 0.15) is 15.4 Å². The summed E-state index contributed by atoms with van der Waals surface area (Å²) in [5, 5.41) is 37.0.